The van der Waals surface area contributed by atoms with Crippen molar-refractivity contribution in [1.29, 1.82) is 0 Å². The second-order valence-electron chi connectivity index (χ2n) is 7.04. The van der Waals surface area contributed by atoms with Crippen LogP contribution in [0.15, 0.2) is 35.1 Å². The van der Waals surface area contributed by atoms with E-state index in [0.29, 0.717) is 18.4 Å². The predicted molar refractivity (Wildman–Crippen MR) is 95.9 cm³/mol. The van der Waals surface area contributed by atoms with Crippen molar-refractivity contribution in [3.05, 3.63) is 46.2 Å². The van der Waals surface area contributed by atoms with E-state index in [1.54, 1.807) is 6.07 Å². The Morgan fingerprint density at radius 2 is 2.08 bits per heavy atom. The number of hydrogen-bond acceptors (Lipinski definition) is 2. The zero-order chi connectivity index (χ0) is 17.1. The molecular formula is C19H25N3O2. The van der Waals surface area contributed by atoms with E-state index in [1.807, 2.05) is 29.2 Å². The number of hydrogen-bond donors (Lipinski definition) is 2. The zero-order valence-electron chi connectivity index (χ0n) is 14.3. The highest BCUT2D eigenvalue weighted by Crippen LogP contribution is 2.21. The third-order valence-electron chi connectivity index (χ3n) is 4.78. The van der Waals surface area contributed by atoms with Crippen molar-refractivity contribution in [2.45, 2.75) is 33.2 Å². The summed E-state index contributed by atoms with van der Waals surface area (Å²) in [6.07, 6.45) is 2.22. The topological polar surface area (TPSA) is 65.2 Å². The number of carbonyl (C=O) groups is 1. The fourth-order valence-corrected chi connectivity index (χ4v) is 3.61. The molecule has 5 nitrogen and oxygen atoms in total. The summed E-state index contributed by atoms with van der Waals surface area (Å²) in [5.41, 5.74) is 1.50. The average Bonchev–Trinajstić information content (AvgIpc) is 2.72. The molecule has 1 fully saturated rings. The smallest absolute Gasteiger partial charge is 0.317 e. The van der Waals surface area contributed by atoms with Crippen molar-refractivity contribution in [3.63, 3.8) is 0 Å². The number of amides is 2. The van der Waals surface area contributed by atoms with Gasteiger partial charge in [0.2, 0.25) is 5.56 Å². The van der Waals surface area contributed by atoms with E-state index in [0.717, 1.165) is 36.0 Å². The fourth-order valence-electron chi connectivity index (χ4n) is 3.61. The van der Waals surface area contributed by atoms with E-state index in [1.165, 1.54) is 6.42 Å². The fraction of sp³-hybridized carbons (Fsp3) is 0.474. The van der Waals surface area contributed by atoms with Crippen molar-refractivity contribution in [1.82, 2.24) is 15.2 Å². The minimum absolute atomic E-state index is 0.0414. The Morgan fingerprint density at radius 3 is 2.92 bits per heavy atom. The standard InChI is InChI=1S/C19H25N3O2/c1-13-7-8-22(12-14(2)9-13)19(24)20-11-15-10-18(23)21-17-6-4-3-5-16(15)17/h3-6,10,13-14H,7-9,11-12H2,1-2H3,(H,20,24)(H,21,23)/t13-,14+/m1/s1. The Labute approximate surface area is 142 Å². The Balaban J connectivity index is 1.71. The lowest BCUT2D eigenvalue weighted by Crippen LogP contribution is -2.41. The van der Waals surface area contributed by atoms with Crippen LogP contribution in [-0.2, 0) is 6.54 Å². The van der Waals surface area contributed by atoms with Gasteiger partial charge in [-0.05, 0) is 36.3 Å². The van der Waals surface area contributed by atoms with Gasteiger partial charge in [-0.2, -0.15) is 0 Å². The van der Waals surface area contributed by atoms with Gasteiger partial charge in [0.15, 0.2) is 0 Å². The van der Waals surface area contributed by atoms with Gasteiger partial charge in [-0.3, -0.25) is 4.79 Å². The monoisotopic (exact) mass is 327 g/mol. The number of aromatic nitrogens is 1. The molecular weight excluding hydrogens is 302 g/mol. The molecule has 0 bridgehead atoms. The van der Waals surface area contributed by atoms with Gasteiger partial charge in [-0.25, -0.2) is 4.79 Å². The largest absolute Gasteiger partial charge is 0.334 e. The van der Waals surface area contributed by atoms with E-state index in [2.05, 4.69) is 24.1 Å². The summed E-state index contributed by atoms with van der Waals surface area (Å²) in [5, 5.41) is 3.95. The van der Waals surface area contributed by atoms with E-state index in [4.69, 9.17) is 0 Å². The van der Waals surface area contributed by atoms with Gasteiger partial charge in [0.25, 0.3) is 0 Å². The molecule has 3 rings (SSSR count). The first-order valence-corrected chi connectivity index (χ1v) is 8.66. The summed E-state index contributed by atoms with van der Waals surface area (Å²) in [4.78, 5) is 29.1. The van der Waals surface area contributed by atoms with Crippen molar-refractivity contribution < 1.29 is 4.79 Å². The van der Waals surface area contributed by atoms with Crippen molar-refractivity contribution >= 4 is 16.9 Å². The lowest BCUT2D eigenvalue weighted by molar-refractivity contribution is 0.193. The summed E-state index contributed by atoms with van der Waals surface area (Å²) in [7, 11) is 0. The molecule has 0 spiro atoms. The molecule has 1 aromatic heterocycles. The van der Waals surface area contributed by atoms with E-state index >= 15 is 0 Å². The highest BCUT2D eigenvalue weighted by Gasteiger charge is 2.22. The molecule has 1 saturated heterocycles. The molecule has 2 atom stereocenters. The van der Waals surface area contributed by atoms with Gasteiger partial charge in [0.05, 0.1) is 0 Å². The lowest BCUT2D eigenvalue weighted by Gasteiger charge is -2.23. The molecule has 5 heteroatoms. The molecule has 0 unspecified atom stereocenters. The molecule has 2 N–H and O–H groups in total. The molecule has 24 heavy (non-hydrogen) atoms. The molecule has 128 valence electrons. The first-order valence-electron chi connectivity index (χ1n) is 8.66. The number of rotatable bonds is 2. The van der Waals surface area contributed by atoms with Crippen LogP contribution in [0.4, 0.5) is 4.79 Å². The maximum atomic E-state index is 12.5. The minimum Gasteiger partial charge on any atom is -0.334 e. The second kappa shape index (κ2) is 7.07. The summed E-state index contributed by atoms with van der Waals surface area (Å²) in [6, 6.07) is 9.18. The van der Waals surface area contributed by atoms with Crippen LogP contribution >= 0.6 is 0 Å². The highest BCUT2D eigenvalue weighted by molar-refractivity contribution is 5.82. The van der Waals surface area contributed by atoms with E-state index in [-0.39, 0.29) is 11.6 Å². The van der Waals surface area contributed by atoms with Crippen LogP contribution in [-0.4, -0.2) is 29.0 Å². The van der Waals surface area contributed by atoms with Crippen molar-refractivity contribution in [3.8, 4) is 0 Å². The molecule has 2 heterocycles. The van der Waals surface area contributed by atoms with Crippen LogP contribution in [0.5, 0.6) is 0 Å². The number of carbonyl (C=O) groups excluding carboxylic acids is 1. The van der Waals surface area contributed by atoms with E-state index < -0.39 is 0 Å². The molecule has 0 aliphatic carbocycles. The lowest BCUT2D eigenvalue weighted by atomic mass is 9.97. The van der Waals surface area contributed by atoms with Crippen LogP contribution < -0.4 is 10.9 Å². The summed E-state index contributed by atoms with van der Waals surface area (Å²) in [5.74, 6) is 1.18. The van der Waals surface area contributed by atoms with Crippen LogP contribution in [0.3, 0.4) is 0 Å². The van der Waals surface area contributed by atoms with Gasteiger partial charge in [0, 0.05) is 36.6 Å². The number of aromatic amines is 1. The Kier molecular flexibility index (Phi) is 4.88. The van der Waals surface area contributed by atoms with Gasteiger partial charge in [-0.1, -0.05) is 32.0 Å². The first kappa shape index (κ1) is 16.6. The summed E-state index contributed by atoms with van der Waals surface area (Å²) in [6.45, 7) is 6.41. The predicted octanol–water partition coefficient (Wildman–Crippen LogP) is 3.11. The van der Waals surface area contributed by atoms with E-state index in [9.17, 15) is 9.59 Å². The number of pyridine rings is 1. The Morgan fingerprint density at radius 1 is 1.29 bits per heavy atom. The SMILES string of the molecule is C[C@@H]1CCN(C(=O)NCc2cc(=O)[nH]c3ccccc23)C[C@@H](C)C1. The van der Waals surface area contributed by atoms with Crippen LogP contribution in [0.25, 0.3) is 10.9 Å². The average molecular weight is 327 g/mol. The number of H-pyrrole nitrogens is 1. The molecule has 0 saturated carbocycles. The highest BCUT2D eigenvalue weighted by atomic mass is 16.2. The number of para-hydroxylation sites is 1. The molecule has 1 aromatic carbocycles. The molecule has 1 aliphatic heterocycles. The van der Waals surface area contributed by atoms with Crippen LogP contribution in [0.1, 0.15) is 32.3 Å². The van der Waals surface area contributed by atoms with Gasteiger partial charge >= 0.3 is 6.03 Å². The summed E-state index contributed by atoms with van der Waals surface area (Å²) >= 11 is 0. The van der Waals surface area contributed by atoms with Gasteiger partial charge < -0.3 is 15.2 Å². The molecule has 1 aliphatic rings. The molecule has 2 aromatic rings. The van der Waals surface area contributed by atoms with Crippen molar-refractivity contribution in [2.75, 3.05) is 13.1 Å². The molecule has 0 radical (unpaired) electrons. The van der Waals surface area contributed by atoms with Crippen LogP contribution in [0, 0.1) is 11.8 Å². The Bertz CT molecular complexity index is 784. The normalized spacial score (nSPS) is 21.5. The summed E-state index contributed by atoms with van der Waals surface area (Å²) < 4.78 is 0. The third-order valence-corrected chi connectivity index (χ3v) is 4.78. The maximum absolute atomic E-state index is 12.5. The van der Waals surface area contributed by atoms with Crippen molar-refractivity contribution in [2.24, 2.45) is 11.8 Å². The number of nitrogens with zero attached hydrogens (tertiary/aromatic N) is 1. The number of urea groups is 1. The number of benzene rings is 1. The zero-order valence-corrected chi connectivity index (χ0v) is 14.3. The number of likely N-dealkylation sites (tertiary alicyclic amines) is 1. The molecule has 2 amide bonds. The third kappa shape index (κ3) is 3.78. The minimum atomic E-state index is -0.143. The van der Waals surface area contributed by atoms with Crippen LogP contribution in [0.2, 0.25) is 0 Å². The quantitative estimate of drug-likeness (QED) is 0.890. The number of nitrogens with one attached hydrogen (secondary N) is 2. The Hall–Kier alpha value is -2.30. The maximum Gasteiger partial charge on any atom is 0.317 e. The second-order valence-corrected chi connectivity index (χ2v) is 7.04. The van der Waals surface area contributed by atoms with Gasteiger partial charge in [-0.15, -0.1) is 0 Å². The number of fused-ring (bicyclic) bond motifs is 1. The first-order chi connectivity index (χ1) is 11.5. The van der Waals surface area contributed by atoms with Gasteiger partial charge in [0.1, 0.15) is 0 Å².